The number of nitrogens with one attached hydrogen (secondary N) is 1. The third-order valence-corrected chi connectivity index (χ3v) is 4.51. The maximum absolute atomic E-state index is 12.2. The molecule has 1 aliphatic rings. The van der Waals surface area contributed by atoms with Crippen LogP contribution in [-0.4, -0.2) is 24.0 Å². The van der Waals surface area contributed by atoms with Crippen molar-refractivity contribution in [2.45, 2.75) is 39.7 Å². The Bertz CT molecular complexity index is 412. The quantitative estimate of drug-likeness (QED) is 0.884. The number of urea groups is 1. The molecule has 2 rings (SSSR count). The lowest BCUT2D eigenvalue weighted by molar-refractivity contribution is 0.196. The van der Waals surface area contributed by atoms with Gasteiger partial charge in [0.2, 0.25) is 0 Å². The first-order chi connectivity index (χ1) is 9.19. The van der Waals surface area contributed by atoms with Gasteiger partial charge < -0.3 is 10.2 Å². The van der Waals surface area contributed by atoms with E-state index >= 15 is 0 Å². The van der Waals surface area contributed by atoms with Crippen LogP contribution in [0.4, 0.5) is 4.79 Å². The van der Waals surface area contributed by atoms with E-state index in [2.05, 4.69) is 19.2 Å². The first-order valence-electron chi connectivity index (χ1n) is 7.26. The summed E-state index contributed by atoms with van der Waals surface area (Å²) in [5.41, 5.74) is 1.50. The van der Waals surface area contributed by atoms with E-state index in [9.17, 15) is 4.79 Å². The Morgan fingerprint density at radius 1 is 1.26 bits per heavy atom. The molecule has 104 valence electrons. The monoisotopic (exact) mass is 260 g/mol. The molecule has 2 amide bonds. The maximum atomic E-state index is 12.2. The van der Waals surface area contributed by atoms with E-state index in [0.717, 1.165) is 37.9 Å². The van der Waals surface area contributed by atoms with Gasteiger partial charge >= 0.3 is 6.03 Å². The second-order valence-corrected chi connectivity index (χ2v) is 5.52. The van der Waals surface area contributed by atoms with Gasteiger partial charge in [-0.05, 0) is 30.2 Å². The van der Waals surface area contributed by atoms with Crippen LogP contribution in [0.25, 0.3) is 0 Å². The minimum Gasteiger partial charge on any atom is -0.334 e. The number of nitrogens with zero attached hydrogens (tertiary/aromatic N) is 1. The van der Waals surface area contributed by atoms with Crippen molar-refractivity contribution in [2.24, 2.45) is 5.41 Å². The second kappa shape index (κ2) is 6.09. The molecular formula is C16H24N2O. The Morgan fingerprint density at radius 2 is 1.95 bits per heavy atom. The van der Waals surface area contributed by atoms with Gasteiger partial charge in [-0.15, -0.1) is 0 Å². The van der Waals surface area contributed by atoms with Crippen LogP contribution < -0.4 is 5.32 Å². The fraction of sp³-hybridized carbons (Fsp3) is 0.562. The number of carbonyl (C=O) groups is 1. The van der Waals surface area contributed by atoms with Crippen LogP contribution in [0.2, 0.25) is 0 Å². The molecule has 0 bridgehead atoms. The summed E-state index contributed by atoms with van der Waals surface area (Å²) >= 11 is 0. The van der Waals surface area contributed by atoms with Crippen molar-refractivity contribution in [1.82, 2.24) is 10.2 Å². The maximum Gasteiger partial charge on any atom is 0.317 e. The van der Waals surface area contributed by atoms with Gasteiger partial charge in [-0.3, -0.25) is 0 Å². The minimum atomic E-state index is 0.0765. The number of likely N-dealkylation sites (tertiary alicyclic amines) is 1. The zero-order valence-corrected chi connectivity index (χ0v) is 12.0. The third kappa shape index (κ3) is 3.28. The largest absolute Gasteiger partial charge is 0.334 e. The van der Waals surface area contributed by atoms with Gasteiger partial charge in [0.1, 0.15) is 0 Å². The van der Waals surface area contributed by atoms with Crippen molar-refractivity contribution >= 4 is 6.03 Å². The highest BCUT2D eigenvalue weighted by molar-refractivity contribution is 5.74. The van der Waals surface area contributed by atoms with Crippen LogP contribution in [0.1, 0.15) is 38.7 Å². The Kier molecular flexibility index (Phi) is 4.46. The minimum absolute atomic E-state index is 0.0765. The van der Waals surface area contributed by atoms with Crippen LogP contribution in [-0.2, 0) is 6.54 Å². The van der Waals surface area contributed by atoms with E-state index in [4.69, 9.17) is 0 Å². The lowest BCUT2D eigenvalue weighted by Gasteiger charge is -2.26. The molecule has 3 heteroatoms. The molecule has 3 nitrogen and oxygen atoms in total. The topological polar surface area (TPSA) is 32.3 Å². The van der Waals surface area contributed by atoms with Crippen LogP contribution in [0.3, 0.4) is 0 Å². The fourth-order valence-electron chi connectivity index (χ4n) is 2.82. The highest BCUT2D eigenvalue weighted by Crippen LogP contribution is 2.36. The highest BCUT2D eigenvalue weighted by Gasteiger charge is 2.36. The number of benzene rings is 1. The molecule has 1 heterocycles. The number of rotatable bonds is 4. The molecule has 0 aromatic heterocycles. The predicted octanol–water partition coefficient (Wildman–Crippen LogP) is 3.41. The van der Waals surface area contributed by atoms with E-state index in [-0.39, 0.29) is 6.03 Å². The van der Waals surface area contributed by atoms with Gasteiger partial charge in [0, 0.05) is 19.6 Å². The van der Waals surface area contributed by atoms with E-state index in [1.807, 2.05) is 35.2 Å². The first kappa shape index (κ1) is 13.9. The second-order valence-electron chi connectivity index (χ2n) is 5.52. The van der Waals surface area contributed by atoms with Crippen molar-refractivity contribution in [3.05, 3.63) is 35.9 Å². The average Bonchev–Trinajstić information content (AvgIpc) is 2.91. The summed E-state index contributed by atoms with van der Waals surface area (Å²) in [6.07, 6.45) is 3.46. The Balaban J connectivity index is 1.85. The lowest BCUT2D eigenvalue weighted by atomic mass is 9.82. The normalized spacial score (nSPS) is 17.5. The molecule has 1 aromatic carbocycles. The molecule has 0 spiro atoms. The average molecular weight is 260 g/mol. The zero-order valence-electron chi connectivity index (χ0n) is 12.0. The Labute approximate surface area is 116 Å². The highest BCUT2D eigenvalue weighted by atomic mass is 16.2. The van der Waals surface area contributed by atoms with Crippen molar-refractivity contribution in [3.8, 4) is 0 Å². The van der Waals surface area contributed by atoms with E-state index in [1.165, 1.54) is 0 Å². The first-order valence-corrected chi connectivity index (χ1v) is 7.26. The molecule has 19 heavy (non-hydrogen) atoms. The number of hydrogen-bond donors (Lipinski definition) is 1. The van der Waals surface area contributed by atoms with Crippen LogP contribution in [0.15, 0.2) is 30.3 Å². The molecule has 0 aliphatic carbocycles. The standard InChI is InChI=1S/C16H24N2O/c1-3-16(4-2)10-11-18(13-16)15(19)17-12-14-8-6-5-7-9-14/h5-9H,3-4,10-13H2,1-2H3,(H,17,19). The summed E-state index contributed by atoms with van der Waals surface area (Å²) in [6.45, 7) is 6.87. The zero-order chi connectivity index (χ0) is 13.7. The molecule has 1 saturated heterocycles. The summed E-state index contributed by atoms with van der Waals surface area (Å²) in [6, 6.07) is 10.1. The van der Waals surface area contributed by atoms with Crippen LogP contribution >= 0.6 is 0 Å². The number of amides is 2. The van der Waals surface area contributed by atoms with Gasteiger partial charge in [0.15, 0.2) is 0 Å². The summed E-state index contributed by atoms with van der Waals surface area (Å²) < 4.78 is 0. The summed E-state index contributed by atoms with van der Waals surface area (Å²) in [7, 11) is 0. The van der Waals surface area contributed by atoms with Crippen LogP contribution in [0, 0.1) is 5.41 Å². The Morgan fingerprint density at radius 3 is 2.53 bits per heavy atom. The molecule has 0 atom stereocenters. The number of carbonyl (C=O) groups excluding carboxylic acids is 1. The summed E-state index contributed by atoms with van der Waals surface area (Å²) in [5, 5.41) is 3.01. The smallest absolute Gasteiger partial charge is 0.317 e. The molecule has 1 N–H and O–H groups in total. The number of hydrogen-bond acceptors (Lipinski definition) is 1. The fourth-order valence-corrected chi connectivity index (χ4v) is 2.82. The molecule has 1 aliphatic heterocycles. The summed E-state index contributed by atoms with van der Waals surface area (Å²) in [4.78, 5) is 14.1. The van der Waals surface area contributed by atoms with Gasteiger partial charge in [-0.1, -0.05) is 44.2 Å². The van der Waals surface area contributed by atoms with Gasteiger partial charge in [-0.2, -0.15) is 0 Å². The predicted molar refractivity (Wildman–Crippen MR) is 77.9 cm³/mol. The molecule has 0 saturated carbocycles. The van der Waals surface area contributed by atoms with Crippen LogP contribution in [0.5, 0.6) is 0 Å². The summed E-state index contributed by atoms with van der Waals surface area (Å²) in [5.74, 6) is 0. The van der Waals surface area contributed by atoms with Gasteiger partial charge in [-0.25, -0.2) is 4.79 Å². The molecule has 0 radical (unpaired) electrons. The van der Waals surface area contributed by atoms with Crippen molar-refractivity contribution in [3.63, 3.8) is 0 Å². The van der Waals surface area contributed by atoms with E-state index in [1.54, 1.807) is 0 Å². The van der Waals surface area contributed by atoms with Crippen molar-refractivity contribution in [1.29, 1.82) is 0 Å². The molecular weight excluding hydrogens is 236 g/mol. The van der Waals surface area contributed by atoms with Gasteiger partial charge in [0.05, 0.1) is 0 Å². The Hall–Kier alpha value is -1.51. The van der Waals surface area contributed by atoms with E-state index in [0.29, 0.717) is 12.0 Å². The lowest BCUT2D eigenvalue weighted by Crippen LogP contribution is -2.39. The van der Waals surface area contributed by atoms with Crippen molar-refractivity contribution in [2.75, 3.05) is 13.1 Å². The molecule has 0 unspecified atom stereocenters. The van der Waals surface area contributed by atoms with Gasteiger partial charge in [0.25, 0.3) is 0 Å². The third-order valence-electron chi connectivity index (χ3n) is 4.51. The molecule has 1 fully saturated rings. The van der Waals surface area contributed by atoms with E-state index < -0.39 is 0 Å². The van der Waals surface area contributed by atoms with Crippen molar-refractivity contribution < 1.29 is 4.79 Å². The SMILES string of the molecule is CCC1(CC)CCN(C(=O)NCc2ccccc2)C1. The molecule has 1 aromatic rings.